The van der Waals surface area contributed by atoms with E-state index in [1.807, 2.05) is 10.3 Å². The molecule has 0 unspecified atom stereocenters. The van der Waals surface area contributed by atoms with Crippen molar-refractivity contribution < 1.29 is 4.79 Å². The second kappa shape index (κ2) is 7.06. The van der Waals surface area contributed by atoms with E-state index in [2.05, 4.69) is 25.2 Å². The minimum atomic E-state index is 0.230. The van der Waals surface area contributed by atoms with Gasteiger partial charge < -0.3 is 10.2 Å². The van der Waals surface area contributed by atoms with Gasteiger partial charge in [-0.25, -0.2) is 0 Å². The maximum absolute atomic E-state index is 12.6. The number of carbonyl (C=O) groups is 1. The Morgan fingerprint density at radius 2 is 2.16 bits per heavy atom. The first-order chi connectivity index (χ1) is 9.26. The summed E-state index contributed by atoms with van der Waals surface area (Å²) in [5.74, 6) is 0.892. The molecule has 106 valence electrons. The molecule has 0 atom stereocenters. The van der Waals surface area contributed by atoms with E-state index in [0.717, 1.165) is 37.5 Å². The van der Waals surface area contributed by atoms with Crippen LogP contribution in [0.2, 0.25) is 0 Å². The highest BCUT2D eigenvalue weighted by Gasteiger charge is 2.22. The predicted octanol–water partition coefficient (Wildman–Crippen LogP) is 2.77. The lowest BCUT2D eigenvalue weighted by Crippen LogP contribution is -2.39. The van der Waals surface area contributed by atoms with Crippen molar-refractivity contribution in [1.29, 1.82) is 0 Å². The van der Waals surface area contributed by atoms with Crippen molar-refractivity contribution >= 4 is 17.2 Å². The van der Waals surface area contributed by atoms with Crippen molar-refractivity contribution in [3.8, 4) is 0 Å². The molecule has 1 fully saturated rings. The molecule has 1 aromatic rings. The molecule has 0 spiro atoms. The first-order valence-electron chi connectivity index (χ1n) is 7.32. The number of piperidine rings is 1. The molecule has 1 aliphatic heterocycles. The van der Waals surface area contributed by atoms with Crippen molar-refractivity contribution in [1.82, 2.24) is 10.2 Å². The fraction of sp³-hybridized carbons (Fsp3) is 0.667. The minimum Gasteiger partial charge on any atom is -0.338 e. The first kappa shape index (κ1) is 14.5. The van der Waals surface area contributed by atoms with E-state index in [0.29, 0.717) is 5.92 Å². The molecule has 0 aromatic carbocycles. The zero-order chi connectivity index (χ0) is 13.7. The molecular weight excluding hydrogens is 256 g/mol. The van der Waals surface area contributed by atoms with Gasteiger partial charge in [0.15, 0.2) is 0 Å². The van der Waals surface area contributed by atoms with E-state index in [1.54, 1.807) is 11.3 Å². The lowest BCUT2D eigenvalue weighted by Gasteiger charge is -2.29. The molecular formula is C15H24N2OS. The van der Waals surface area contributed by atoms with Crippen molar-refractivity contribution in [3.63, 3.8) is 0 Å². The van der Waals surface area contributed by atoms with Crippen molar-refractivity contribution in [2.24, 2.45) is 5.92 Å². The van der Waals surface area contributed by atoms with E-state index in [9.17, 15) is 4.79 Å². The summed E-state index contributed by atoms with van der Waals surface area (Å²) >= 11 is 1.58. The molecule has 1 N–H and O–H groups in total. The first-order valence-corrected chi connectivity index (χ1v) is 8.20. The summed E-state index contributed by atoms with van der Waals surface area (Å²) in [7, 11) is 0. The standard InChI is InChI=1S/C15H24N2OS/c1-3-13-7-10-19-14(13)15(18)17(4-2)11-12-5-8-16-9-6-12/h7,10,12,16H,3-6,8-9,11H2,1-2H3. The summed E-state index contributed by atoms with van der Waals surface area (Å²) in [5.41, 5.74) is 1.19. The summed E-state index contributed by atoms with van der Waals surface area (Å²) in [5, 5.41) is 5.41. The molecule has 0 aliphatic carbocycles. The number of carbonyl (C=O) groups excluding carboxylic acids is 1. The SMILES string of the molecule is CCc1ccsc1C(=O)N(CC)CC1CCNCC1. The predicted molar refractivity (Wildman–Crippen MR) is 80.9 cm³/mol. The Hall–Kier alpha value is -0.870. The number of hydrogen-bond donors (Lipinski definition) is 1. The highest BCUT2D eigenvalue weighted by atomic mass is 32.1. The van der Waals surface area contributed by atoms with Gasteiger partial charge in [-0.05, 0) is 62.2 Å². The molecule has 0 saturated carbocycles. The van der Waals surface area contributed by atoms with Gasteiger partial charge >= 0.3 is 0 Å². The molecule has 1 aromatic heterocycles. The average Bonchev–Trinajstić information content (AvgIpc) is 2.93. The van der Waals surface area contributed by atoms with Crippen molar-refractivity contribution in [2.75, 3.05) is 26.2 Å². The zero-order valence-electron chi connectivity index (χ0n) is 11.9. The molecule has 1 saturated heterocycles. The Morgan fingerprint density at radius 3 is 2.79 bits per heavy atom. The second-order valence-corrected chi connectivity index (χ2v) is 6.08. The van der Waals surface area contributed by atoms with Crippen LogP contribution in [0.25, 0.3) is 0 Å². The number of amides is 1. The van der Waals surface area contributed by atoms with Crippen LogP contribution in [0.15, 0.2) is 11.4 Å². The summed E-state index contributed by atoms with van der Waals surface area (Å²) in [6.45, 7) is 8.10. The maximum Gasteiger partial charge on any atom is 0.264 e. The Kier molecular flexibility index (Phi) is 5.40. The third-order valence-corrected chi connectivity index (χ3v) is 4.87. The second-order valence-electron chi connectivity index (χ2n) is 5.17. The van der Waals surface area contributed by atoms with Gasteiger partial charge in [0.05, 0.1) is 4.88 Å². The van der Waals surface area contributed by atoms with Gasteiger partial charge in [0, 0.05) is 13.1 Å². The van der Waals surface area contributed by atoms with Crippen LogP contribution in [-0.4, -0.2) is 37.0 Å². The summed E-state index contributed by atoms with van der Waals surface area (Å²) in [6.07, 6.45) is 3.32. The van der Waals surface area contributed by atoms with E-state index in [4.69, 9.17) is 0 Å². The molecule has 1 amide bonds. The van der Waals surface area contributed by atoms with Crippen molar-refractivity contribution in [2.45, 2.75) is 33.1 Å². The molecule has 0 radical (unpaired) electrons. The molecule has 2 heterocycles. The van der Waals surface area contributed by atoms with Crippen LogP contribution in [0, 0.1) is 5.92 Å². The van der Waals surface area contributed by atoms with Crippen LogP contribution in [0.1, 0.15) is 41.9 Å². The molecule has 2 rings (SSSR count). The van der Waals surface area contributed by atoms with Crippen LogP contribution in [0.4, 0.5) is 0 Å². The Balaban J connectivity index is 2.02. The van der Waals surface area contributed by atoms with Crippen LogP contribution in [0.5, 0.6) is 0 Å². The van der Waals surface area contributed by atoms with Gasteiger partial charge in [-0.2, -0.15) is 0 Å². The number of nitrogens with zero attached hydrogens (tertiary/aromatic N) is 1. The van der Waals surface area contributed by atoms with Crippen LogP contribution in [-0.2, 0) is 6.42 Å². The molecule has 19 heavy (non-hydrogen) atoms. The average molecular weight is 280 g/mol. The molecule has 4 heteroatoms. The van der Waals surface area contributed by atoms with E-state index < -0.39 is 0 Å². The quantitative estimate of drug-likeness (QED) is 0.899. The highest BCUT2D eigenvalue weighted by molar-refractivity contribution is 7.12. The molecule has 3 nitrogen and oxygen atoms in total. The lowest BCUT2D eigenvalue weighted by atomic mass is 9.97. The summed E-state index contributed by atoms with van der Waals surface area (Å²) in [4.78, 5) is 15.6. The number of aryl methyl sites for hydroxylation is 1. The lowest BCUT2D eigenvalue weighted by molar-refractivity contribution is 0.0730. The third kappa shape index (κ3) is 3.57. The van der Waals surface area contributed by atoms with Crippen LogP contribution < -0.4 is 5.32 Å². The Bertz CT molecular complexity index is 410. The topological polar surface area (TPSA) is 32.3 Å². The number of rotatable bonds is 5. The van der Waals surface area contributed by atoms with Crippen LogP contribution >= 0.6 is 11.3 Å². The van der Waals surface area contributed by atoms with Gasteiger partial charge in [0.1, 0.15) is 0 Å². The van der Waals surface area contributed by atoms with E-state index in [-0.39, 0.29) is 5.91 Å². The fourth-order valence-electron chi connectivity index (χ4n) is 2.68. The van der Waals surface area contributed by atoms with Gasteiger partial charge in [-0.3, -0.25) is 4.79 Å². The monoisotopic (exact) mass is 280 g/mol. The smallest absolute Gasteiger partial charge is 0.264 e. The Morgan fingerprint density at radius 1 is 1.42 bits per heavy atom. The van der Waals surface area contributed by atoms with E-state index >= 15 is 0 Å². The van der Waals surface area contributed by atoms with Crippen molar-refractivity contribution in [3.05, 3.63) is 21.9 Å². The summed E-state index contributed by atoms with van der Waals surface area (Å²) < 4.78 is 0. The molecule has 0 bridgehead atoms. The molecule has 1 aliphatic rings. The van der Waals surface area contributed by atoms with E-state index in [1.165, 1.54) is 18.4 Å². The summed E-state index contributed by atoms with van der Waals surface area (Å²) in [6, 6.07) is 2.08. The van der Waals surface area contributed by atoms with Gasteiger partial charge in [-0.1, -0.05) is 6.92 Å². The van der Waals surface area contributed by atoms with Gasteiger partial charge in [0.25, 0.3) is 5.91 Å². The third-order valence-electron chi connectivity index (χ3n) is 3.93. The van der Waals surface area contributed by atoms with Crippen LogP contribution in [0.3, 0.4) is 0 Å². The largest absolute Gasteiger partial charge is 0.338 e. The normalized spacial score (nSPS) is 16.5. The fourth-order valence-corrected chi connectivity index (χ4v) is 3.64. The Labute approximate surface area is 120 Å². The zero-order valence-corrected chi connectivity index (χ0v) is 12.8. The van der Waals surface area contributed by atoms with Gasteiger partial charge in [-0.15, -0.1) is 11.3 Å². The minimum absolute atomic E-state index is 0.230. The maximum atomic E-state index is 12.6. The van der Waals surface area contributed by atoms with Gasteiger partial charge in [0.2, 0.25) is 0 Å². The highest BCUT2D eigenvalue weighted by Crippen LogP contribution is 2.21. The number of hydrogen-bond acceptors (Lipinski definition) is 3. The number of nitrogens with one attached hydrogen (secondary N) is 1. The number of thiophene rings is 1.